The average Bonchev–Trinajstić information content (AvgIpc) is 2.84. The molecule has 0 radical (unpaired) electrons. The monoisotopic (exact) mass is 394 g/mol. The zero-order chi connectivity index (χ0) is 19.4. The number of carbonyl (C=O) groups excluding carboxylic acids is 2. The molecule has 0 bridgehead atoms. The van der Waals surface area contributed by atoms with Crippen LogP contribution >= 0.6 is 24.0 Å². The number of carboxylic acids is 1. The van der Waals surface area contributed by atoms with Gasteiger partial charge >= 0.3 is 0 Å². The number of ether oxygens (including phenoxy) is 2. The molecule has 1 fully saturated rings. The number of methoxy groups -OCH3 is 1. The van der Waals surface area contributed by atoms with E-state index in [1.54, 1.807) is 38.1 Å². The Labute approximate surface area is 162 Å². The van der Waals surface area contributed by atoms with Crippen molar-refractivity contribution < 1.29 is 24.2 Å². The standard InChI is InChI=1S/C18H21NO5S2/c1-5-24-15-11(7-6-8-12(15)23-4)9-13-16(20)19(18(25)26-13)14(10(2)3)17(21)22/h6-10,14H,5H2,1-4H3,(H,21,22)/p-1/b13-9-/t14-/m1/s1. The van der Waals surface area contributed by atoms with Crippen molar-refractivity contribution >= 4 is 46.3 Å². The highest BCUT2D eigenvalue weighted by molar-refractivity contribution is 8.26. The summed E-state index contributed by atoms with van der Waals surface area (Å²) in [6.07, 6.45) is 1.64. The molecule has 1 aromatic carbocycles. The van der Waals surface area contributed by atoms with E-state index in [2.05, 4.69) is 0 Å². The van der Waals surface area contributed by atoms with Crippen molar-refractivity contribution in [2.24, 2.45) is 5.92 Å². The summed E-state index contributed by atoms with van der Waals surface area (Å²) < 4.78 is 11.1. The van der Waals surface area contributed by atoms with Crippen LogP contribution < -0.4 is 14.6 Å². The van der Waals surface area contributed by atoms with E-state index < -0.39 is 17.9 Å². The lowest BCUT2D eigenvalue weighted by atomic mass is 10.0. The molecule has 8 heteroatoms. The van der Waals surface area contributed by atoms with Gasteiger partial charge in [0.1, 0.15) is 4.32 Å². The Hall–Kier alpha value is -2.06. The minimum absolute atomic E-state index is 0.199. The number of thiocarbonyl (C=S) groups is 1. The molecule has 26 heavy (non-hydrogen) atoms. The average molecular weight is 394 g/mol. The molecular formula is C18H20NO5S2-. The lowest BCUT2D eigenvalue weighted by molar-refractivity contribution is -0.311. The van der Waals surface area contributed by atoms with Crippen molar-refractivity contribution in [1.29, 1.82) is 0 Å². The second kappa shape index (κ2) is 8.55. The predicted molar refractivity (Wildman–Crippen MR) is 103 cm³/mol. The molecule has 2 rings (SSSR count). The molecule has 1 aromatic rings. The maximum absolute atomic E-state index is 12.8. The van der Waals surface area contributed by atoms with Gasteiger partial charge in [0.2, 0.25) is 0 Å². The topological polar surface area (TPSA) is 78.9 Å². The number of carboxylic acid groups (broad SMARTS) is 1. The Morgan fingerprint density at radius 1 is 1.42 bits per heavy atom. The first-order chi connectivity index (χ1) is 12.3. The summed E-state index contributed by atoms with van der Waals surface area (Å²) in [7, 11) is 1.54. The number of amides is 1. The lowest BCUT2D eigenvalue weighted by Gasteiger charge is -2.30. The number of hydrogen-bond acceptors (Lipinski definition) is 7. The first kappa shape index (κ1) is 20.3. The third kappa shape index (κ3) is 4.02. The highest BCUT2D eigenvalue weighted by Gasteiger charge is 2.39. The van der Waals surface area contributed by atoms with Gasteiger partial charge in [-0.3, -0.25) is 9.69 Å². The number of carbonyl (C=O) groups is 2. The van der Waals surface area contributed by atoms with Gasteiger partial charge in [-0.15, -0.1) is 0 Å². The Morgan fingerprint density at radius 2 is 2.12 bits per heavy atom. The molecule has 1 saturated heterocycles. The van der Waals surface area contributed by atoms with Crippen molar-refractivity contribution in [2.75, 3.05) is 13.7 Å². The molecule has 1 aliphatic rings. The molecule has 0 N–H and O–H groups in total. The van der Waals surface area contributed by atoms with Gasteiger partial charge < -0.3 is 19.4 Å². The molecule has 6 nitrogen and oxygen atoms in total. The van der Waals surface area contributed by atoms with Crippen LogP contribution in [0.1, 0.15) is 26.3 Å². The summed E-state index contributed by atoms with van der Waals surface area (Å²) in [6, 6.07) is 4.23. The van der Waals surface area contributed by atoms with E-state index in [0.29, 0.717) is 28.6 Å². The van der Waals surface area contributed by atoms with Crippen molar-refractivity contribution in [1.82, 2.24) is 4.90 Å². The number of aliphatic carboxylic acids is 1. The Morgan fingerprint density at radius 3 is 2.65 bits per heavy atom. The van der Waals surface area contributed by atoms with Gasteiger partial charge in [-0.1, -0.05) is 50.0 Å². The fraction of sp³-hybridized carbons (Fsp3) is 0.389. The molecular weight excluding hydrogens is 374 g/mol. The van der Waals surface area contributed by atoms with Crippen molar-refractivity contribution in [2.45, 2.75) is 26.8 Å². The van der Waals surface area contributed by atoms with Gasteiger partial charge in [0.15, 0.2) is 11.5 Å². The molecule has 1 amide bonds. The van der Waals surface area contributed by atoms with Gasteiger partial charge in [0.25, 0.3) is 5.91 Å². The minimum atomic E-state index is -1.33. The van der Waals surface area contributed by atoms with E-state index in [-0.39, 0.29) is 10.2 Å². The number of rotatable bonds is 7. The highest BCUT2D eigenvalue weighted by Crippen LogP contribution is 2.38. The summed E-state index contributed by atoms with van der Waals surface area (Å²) in [5.41, 5.74) is 0.654. The van der Waals surface area contributed by atoms with Gasteiger partial charge in [-0.25, -0.2) is 0 Å². The van der Waals surface area contributed by atoms with Gasteiger partial charge in [0.05, 0.1) is 30.6 Å². The van der Waals surface area contributed by atoms with Crippen LogP contribution in [0.5, 0.6) is 11.5 Å². The third-order valence-electron chi connectivity index (χ3n) is 3.78. The normalized spacial score (nSPS) is 17.1. The molecule has 1 heterocycles. The summed E-state index contributed by atoms with van der Waals surface area (Å²) >= 11 is 6.30. The van der Waals surface area contributed by atoms with E-state index in [9.17, 15) is 14.7 Å². The molecule has 140 valence electrons. The quantitative estimate of drug-likeness (QED) is 0.517. The summed E-state index contributed by atoms with van der Waals surface area (Å²) in [5.74, 6) is -1.05. The summed E-state index contributed by atoms with van der Waals surface area (Å²) in [4.78, 5) is 25.7. The largest absolute Gasteiger partial charge is 0.548 e. The Bertz CT molecular complexity index is 760. The first-order valence-corrected chi connectivity index (χ1v) is 9.32. The van der Waals surface area contributed by atoms with E-state index >= 15 is 0 Å². The zero-order valence-corrected chi connectivity index (χ0v) is 16.6. The van der Waals surface area contributed by atoms with E-state index in [4.69, 9.17) is 21.7 Å². The van der Waals surface area contributed by atoms with Crippen LogP contribution in [0.25, 0.3) is 6.08 Å². The molecule has 1 aliphatic heterocycles. The van der Waals surface area contributed by atoms with Crippen LogP contribution in [0.15, 0.2) is 23.1 Å². The van der Waals surface area contributed by atoms with Crippen molar-refractivity contribution in [3.05, 3.63) is 28.7 Å². The fourth-order valence-electron chi connectivity index (χ4n) is 2.64. The highest BCUT2D eigenvalue weighted by atomic mass is 32.2. The molecule has 0 saturated carbocycles. The molecule has 0 aromatic heterocycles. The Balaban J connectivity index is 2.44. The molecule has 0 aliphatic carbocycles. The number of thioether (sulfide) groups is 1. The number of benzene rings is 1. The summed E-state index contributed by atoms with van der Waals surface area (Å²) in [5, 5.41) is 11.5. The number of hydrogen-bond donors (Lipinski definition) is 0. The Kier molecular flexibility index (Phi) is 6.66. The van der Waals surface area contributed by atoms with E-state index in [1.807, 2.05) is 6.92 Å². The fourth-order valence-corrected chi connectivity index (χ4v) is 3.96. The molecule has 0 unspecified atom stereocenters. The van der Waals surface area contributed by atoms with Crippen LogP contribution in [0, 0.1) is 5.92 Å². The SMILES string of the molecule is CCOc1c(/C=C2\SC(=S)N([C@@H](C(=O)[O-])C(C)C)C2=O)cccc1OC. The maximum Gasteiger partial charge on any atom is 0.266 e. The van der Waals surface area contributed by atoms with Crippen LogP contribution in [0.2, 0.25) is 0 Å². The minimum Gasteiger partial charge on any atom is -0.548 e. The third-order valence-corrected chi connectivity index (χ3v) is 5.11. The van der Waals surface area contributed by atoms with Crippen LogP contribution in [0.4, 0.5) is 0 Å². The van der Waals surface area contributed by atoms with Gasteiger partial charge in [0, 0.05) is 5.56 Å². The maximum atomic E-state index is 12.8. The van der Waals surface area contributed by atoms with Crippen molar-refractivity contribution in [3.8, 4) is 11.5 Å². The predicted octanol–water partition coefficient (Wildman–Crippen LogP) is 2.07. The number of para-hydroxylation sites is 1. The smallest absolute Gasteiger partial charge is 0.266 e. The van der Waals surface area contributed by atoms with Crippen molar-refractivity contribution in [3.63, 3.8) is 0 Å². The summed E-state index contributed by atoms with van der Waals surface area (Å²) in [6.45, 7) is 5.70. The molecule has 1 atom stereocenters. The van der Waals surface area contributed by atoms with E-state index in [0.717, 1.165) is 16.7 Å². The van der Waals surface area contributed by atoms with Crippen LogP contribution in [-0.4, -0.2) is 40.9 Å². The van der Waals surface area contributed by atoms with Crippen LogP contribution in [0.3, 0.4) is 0 Å². The second-order valence-corrected chi connectivity index (χ2v) is 7.55. The zero-order valence-electron chi connectivity index (χ0n) is 15.0. The van der Waals surface area contributed by atoms with Crippen LogP contribution in [-0.2, 0) is 9.59 Å². The second-order valence-electron chi connectivity index (χ2n) is 5.87. The molecule has 0 spiro atoms. The van der Waals surface area contributed by atoms with E-state index in [1.165, 1.54) is 7.11 Å². The number of nitrogens with zero attached hydrogens (tertiary/aromatic N) is 1. The first-order valence-electron chi connectivity index (χ1n) is 8.09. The van der Waals surface area contributed by atoms with Gasteiger partial charge in [-0.2, -0.15) is 0 Å². The van der Waals surface area contributed by atoms with Gasteiger partial charge in [-0.05, 0) is 25.0 Å². The lowest BCUT2D eigenvalue weighted by Crippen LogP contribution is -2.52.